The third-order valence-corrected chi connectivity index (χ3v) is 5.54. The average Bonchev–Trinajstić information content (AvgIpc) is 3.49. The highest BCUT2D eigenvalue weighted by Gasteiger charge is 2.25. The molecule has 1 atom stereocenters. The number of likely N-dealkylation sites (tertiary alicyclic amines) is 1. The van der Waals surface area contributed by atoms with Crippen molar-refractivity contribution < 1.29 is 9.15 Å². The second-order valence-electron chi connectivity index (χ2n) is 8.23. The summed E-state index contributed by atoms with van der Waals surface area (Å²) in [6.45, 7) is 5.46. The number of guanidine groups is 1. The van der Waals surface area contributed by atoms with Crippen molar-refractivity contribution in [2.24, 2.45) is 4.99 Å². The van der Waals surface area contributed by atoms with Gasteiger partial charge in [0.25, 0.3) is 0 Å². The Bertz CT molecular complexity index is 774. The molecule has 1 aliphatic rings. The Morgan fingerprint density at radius 3 is 2.53 bits per heavy atom. The Morgan fingerprint density at radius 1 is 1.16 bits per heavy atom. The number of furan rings is 1. The lowest BCUT2D eigenvalue weighted by molar-refractivity contribution is 0.215. The van der Waals surface area contributed by atoms with Gasteiger partial charge in [0.2, 0.25) is 0 Å². The fraction of sp³-hybridized carbons (Fsp3) is 0.542. The van der Waals surface area contributed by atoms with Crippen LogP contribution < -0.4 is 15.4 Å². The van der Waals surface area contributed by atoms with E-state index in [0.29, 0.717) is 6.54 Å². The molecule has 0 spiro atoms. The van der Waals surface area contributed by atoms with Crippen molar-refractivity contribution in [3.05, 3.63) is 54.0 Å². The highest BCUT2D eigenvalue weighted by Crippen LogP contribution is 2.24. The van der Waals surface area contributed by atoms with Crippen molar-refractivity contribution in [1.82, 2.24) is 20.4 Å². The third-order valence-electron chi connectivity index (χ3n) is 5.54. The van der Waals surface area contributed by atoms with E-state index >= 15 is 0 Å². The van der Waals surface area contributed by atoms with Gasteiger partial charge in [0.15, 0.2) is 5.96 Å². The van der Waals surface area contributed by atoms with E-state index in [1.165, 1.54) is 18.4 Å². The van der Waals surface area contributed by atoms with E-state index in [0.717, 1.165) is 56.7 Å². The van der Waals surface area contributed by atoms with Crippen LogP contribution in [0.4, 0.5) is 0 Å². The van der Waals surface area contributed by atoms with Gasteiger partial charge in [-0.2, -0.15) is 0 Å². The van der Waals surface area contributed by atoms with Crippen molar-refractivity contribution in [1.29, 1.82) is 0 Å². The molecule has 0 saturated carbocycles. The SMILES string of the molecule is CN=C(NCc1ccc(OCCCN(C)C)cc1)NCC(c1ccco1)N1CCCC1.I. The monoisotopic (exact) mass is 555 g/mol. The molecule has 0 amide bonds. The first-order valence-electron chi connectivity index (χ1n) is 11.2. The summed E-state index contributed by atoms with van der Waals surface area (Å²) in [5, 5.41) is 6.87. The summed E-state index contributed by atoms with van der Waals surface area (Å²) in [5.41, 5.74) is 1.19. The summed E-state index contributed by atoms with van der Waals surface area (Å²) in [6.07, 6.45) is 5.27. The van der Waals surface area contributed by atoms with Crippen LogP contribution >= 0.6 is 24.0 Å². The van der Waals surface area contributed by atoms with E-state index < -0.39 is 0 Å². The van der Waals surface area contributed by atoms with Gasteiger partial charge in [-0.05, 0) is 76.3 Å². The Hall–Kier alpha value is -1.78. The predicted molar refractivity (Wildman–Crippen MR) is 141 cm³/mol. The zero-order chi connectivity index (χ0) is 21.9. The van der Waals surface area contributed by atoms with E-state index in [2.05, 4.69) is 57.7 Å². The molecule has 2 aromatic rings. The maximum atomic E-state index is 5.81. The lowest BCUT2D eigenvalue weighted by atomic mass is 10.2. The number of halogens is 1. The largest absolute Gasteiger partial charge is 0.494 e. The topological polar surface area (TPSA) is 65.3 Å². The Kier molecular flexibility index (Phi) is 11.9. The van der Waals surface area contributed by atoms with Crippen LogP contribution in [0.25, 0.3) is 0 Å². The molecule has 1 aromatic heterocycles. The van der Waals surface area contributed by atoms with E-state index in [4.69, 9.17) is 9.15 Å². The molecule has 178 valence electrons. The van der Waals surface area contributed by atoms with Gasteiger partial charge in [0.05, 0.1) is 18.9 Å². The van der Waals surface area contributed by atoms with Gasteiger partial charge in [-0.25, -0.2) is 0 Å². The maximum Gasteiger partial charge on any atom is 0.191 e. The van der Waals surface area contributed by atoms with Crippen LogP contribution in [0.15, 0.2) is 52.1 Å². The average molecular weight is 556 g/mol. The summed E-state index contributed by atoms with van der Waals surface area (Å²) in [6, 6.07) is 12.5. The summed E-state index contributed by atoms with van der Waals surface area (Å²) in [7, 11) is 5.96. The number of hydrogen-bond donors (Lipinski definition) is 2. The molecule has 0 bridgehead atoms. The lowest BCUT2D eigenvalue weighted by Crippen LogP contribution is -2.42. The summed E-state index contributed by atoms with van der Waals surface area (Å²) < 4.78 is 11.5. The maximum absolute atomic E-state index is 5.81. The van der Waals surface area contributed by atoms with Gasteiger partial charge < -0.3 is 24.7 Å². The van der Waals surface area contributed by atoms with Crippen molar-refractivity contribution >= 4 is 29.9 Å². The van der Waals surface area contributed by atoms with Gasteiger partial charge in [0.1, 0.15) is 11.5 Å². The first-order valence-corrected chi connectivity index (χ1v) is 11.2. The number of rotatable bonds is 11. The smallest absolute Gasteiger partial charge is 0.191 e. The van der Waals surface area contributed by atoms with Crippen molar-refractivity contribution in [3.8, 4) is 5.75 Å². The van der Waals surface area contributed by atoms with Crippen LogP contribution in [-0.2, 0) is 6.54 Å². The summed E-state index contributed by atoms with van der Waals surface area (Å²) in [5.74, 6) is 2.71. The molecule has 8 heteroatoms. The molecule has 1 aliphatic heterocycles. The first kappa shape index (κ1) is 26.5. The molecular weight excluding hydrogens is 517 g/mol. The Labute approximate surface area is 209 Å². The standard InChI is InChI=1S/C24H37N5O2.HI/c1-25-24(27-19-22(23-8-6-16-31-23)29-14-4-5-15-29)26-18-20-9-11-21(12-10-20)30-17-7-13-28(2)3;/h6,8-12,16,22H,4-5,7,13-15,17-19H2,1-3H3,(H2,25,26,27);1H. The zero-order valence-electron chi connectivity index (χ0n) is 19.5. The predicted octanol–water partition coefficient (Wildman–Crippen LogP) is 3.73. The van der Waals surface area contributed by atoms with E-state index in [1.807, 2.05) is 18.2 Å². The van der Waals surface area contributed by atoms with Gasteiger partial charge in [-0.1, -0.05) is 12.1 Å². The van der Waals surface area contributed by atoms with Crippen molar-refractivity contribution in [2.45, 2.75) is 31.8 Å². The van der Waals surface area contributed by atoms with Gasteiger partial charge in [-0.15, -0.1) is 24.0 Å². The van der Waals surface area contributed by atoms with Gasteiger partial charge in [0, 0.05) is 26.7 Å². The quantitative estimate of drug-likeness (QED) is 0.191. The van der Waals surface area contributed by atoms with Crippen LogP contribution in [0.5, 0.6) is 5.75 Å². The fourth-order valence-corrected chi connectivity index (χ4v) is 3.82. The van der Waals surface area contributed by atoms with E-state index in [1.54, 1.807) is 13.3 Å². The van der Waals surface area contributed by atoms with Crippen LogP contribution in [0.3, 0.4) is 0 Å². The van der Waals surface area contributed by atoms with Crippen LogP contribution in [-0.4, -0.2) is 69.7 Å². The Morgan fingerprint density at radius 2 is 1.91 bits per heavy atom. The molecule has 1 fully saturated rings. The molecule has 7 nitrogen and oxygen atoms in total. The number of aliphatic imine (C=N–C) groups is 1. The molecule has 3 rings (SSSR count). The molecule has 2 N–H and O–H groups in total. The van der Waals surface area contributed by atoms with Crippen molar-refractivity contribution in [3.63, 3.8) is 0 Å². The van der Waals surface area contributed by atoms with Crippen molar-refractivity contribution in [2.75, 3.05) is 53.9 Å². The minimum Gasteiger partial charge on any atom is -0.494 e. The fourth-order valence-electron chi connectivity index (χ4n) is 3.82. The van der Waals surface area contributed by atoms with Crippen LogP contribution in [0, 0.1) is 0 Å². The molecule has 2 heterocycles. The minimum absolute atomic E-state index is 0. The number of hydrogen-bond acceptors (Lipinski definition) is 5. The first-order chi connectivity index (χ1) is 15.2. The molecular formula is C24H38IN5O2. The number of benzene rings is 1. The highest BCUT2D eigenvalue weighted by molar-refractivity contribution is 14.0. The van der Waals surface area contributed by atoms with Gasteiger partial charge >= 0.3 is 0 Å². The summed E-state index contributed by atoms with van der Waals surface area (Å²) in [4.78, 5) is 9.03. The summed E-state index contributed by atoms with van der Waals surface area (Å²) >= 11 is 0. The molecule has 32 heavy (non-hydrogen) atoms. The lowest BCUT2D eigenvalue weighted by Gasteiger charge is -2.26. The number of nitrogens with one attached hydrogen (secondary N) is 2. The normalized spacial score (nSPS) is 15.4. The number of nitrogens with zero attached hydrogens (tertiary/aromatic N) is 3. The molecule has 0 radical (unpaired) electrons. The van der Waals surface area contributed by atoms with E-state index in [-0.39, 0.29) is 30.0 Å². The zero-order valence-corrected chi connectivity index (χ0v) is 21.9. The van der Waals surface area contributed by atoms with Crippen LogP contribution in [0.2, 0.25) is 0 Å². The van der Waals surface area contributed by atoms with E-state index in [9.17, 15) is 0 Å². The molecule has 1 aromatic carbocycles. The molecule has 1 saturated heterocycles. The third kappa shape index (κ3) is 8.63. The molecule has 0 aliphatic carbocycles. The van der Waals surface area contributed by atoms with Crippen LogP contribution in [0.1, 0.15) is 36.6 Å². The minimum atomic E-state index is 0. The second-order valence-corrected chi connectivity index (χ2v) is 8.23. The molecule has 1 unspecified atom stereocenters. The Balaban J connectivity index is 0.00000363. The van der Waals surface area contributed by atoms with Gasteiger partial charge in [-0.3, -0.25) is 9.89 Å². The second kappa shape index (κ2) is 14.4. The number of ether oxygens (including phenoxy) is 1. The highest BCUT2D eigenvalue weighted by atomic mass is 127.